The molecule has 0 aliphatic carbocycles. The Bertz CT molecular complexity index is 235. The summed E-state index contributed by atoms with van der Waals surface area (Å²) < 4.78 is 0. The zero-order valence-corrected chi connectivity index (χ0v) is 11.1. The smallest absolute Gasteiger partial charge is 0.220 e. The van der Waals surface area contributed by atoms with Crippen LogP contribution in [0.1, 0.15) is 19.3 Å². The van der Waals surface area contributed by atoms with Crippen LogP contribution in [0.25, 0.3) is 0 Å². The highest BCUT2D eigenvalue weighted by atomic mass is 16.1. The largest absolute Gasteiger partial charge is 0.354 e. The SMILES string of the molecule is CN1CCN(C)C(CNC(=O)CCCCN)C1. The molecule has 5 heteroatoms. The van der Waals surface area contributed by atoms with E-state index in [0.29, 0.717) is 19.0 Å². The molecule has 100 valence electrons. The Kier molecular flexibility index (Phi) is 6.47. The highest BCUT2D eigenvalue weighted by Gasteiger charge is 2.22. The molecule has 3 N–H and O–H groups in total. The van der Waals surface area contributed by atoms with E-state index in [0.717, 1.165) is 39.0 Å². The van der Waals surface area contributed by atoms with Crippen LogP contribution in [0.4, 0.5) is 0 Å². The molecule has 1 fully saturated rings. The molecule has 1 aliphatic heterocycles. The number of nitrogens with one attached hydrogen (secondary N) is 1. The number of unbranched alkanes of at least 4 members (excludes halogenated alkanes) is 1. The summed E-state index contributed by atoms with van der Waals surface area (Å²) in [6, 6.07) is 0.437. The average Bonchev–Trinajstić information content (AvgIpc) is 2.31. The van der Waals surface area contributed by atoms with Crippen LogP contribution in [0, 0.1) is 0 Å². The first-order chi connectivity index (χ1) is 8.13. The summed E-state index contributed by atoms with van der Waals surface area (Å²) in [6.45, 7) is 4.63. The number of amides is 1. The zero-order valence-electron chi connectivity index (χ0n) is 11.1. The van der Waals surface area contributed by atoms with Crippen LogP contribution in [-0.2, 0) is 4.79 Å². The van der Waals surface area contributed by atoms with E-state index in [2.05, 4.69) is 29.2 Å². The van der Waals surface area contributed by atoms with Gasteiger partial charge in [0.2, 0.25) is 5.91 Å². The lowest BCUT2D eigenvalue weighted by Gasteiger charge is -2.37. The van der Waals surface area contributed by atoms with Crippen molar-refractivity contribution in [2.75, 3.05) is 46.8 Å². The first-order valence-corrected chi connectivity index (χ1v) is 6.49. The maximum atomic E-state index is 11.6. The van der Waals surface area contributed by atoms with Crippen LogP contribution in [0.3, 0.4) is 0 Å². The zero-order chi connectivity index (χ0) is 12.7. The summed E-state index contributed by atoms with van der Waals surface area (Å²) in [5.41, 5.74) is 5.40. The molecule has 0 spiro atoms. The topological polar surface area (TPSA) is 61.6 Å². The molecule has 1 amide bonds. The third kappa shape index (κ3) is 5.48. The quantitative estimate of drug-likeness (QED) is 0.615. The van der Waals surface area contributed by atoms with Crippen molar-refractivity contribution in [3.8, 4) is 0 Å². The van der Waals surface area contributed by atoms with Crippen molar-refractivity contribution in [1.82, 2.24) is 15.1 Å². The highest BCUT2D eigenvalue weighted by molar-refractivity contribution is 5.75. The lowest BCUT2D eigenvalue weighted by molar-refractivity contribution is -0.121. The molecule has 1 saturated heterocycles. The second kappa shape index (κ2) is 7.63. The second-order valence-electron chi connectivity index (χ2n) is 4.95. The van der Waals surface area contributed by atoms with Crippen molar-refractivity contribution in [3.63, 3.8) is 0 Å². The number of piperazine rings is 1. The molecule has 0 aromatic carbocycles. The summed E-state index contributed by atoms with van der Waals surface area (Å²) in [7, 11) is 4.25. The van der Waals surface area contributed by atoms with Gasteiger partial charge in [-0.3, -0.25) is 9.69 Å². The summed E-state index contributed by atoms with van der Waals surface area (Å²) in [6.07, 6.45) is 2.42. The third-order valence-corrected chi connectivity index (χ3v) is 3.37. The Morgan fingerprint density at radius 2 is 2.12 bits per heavy atom. The fourth-order valence-electron chi connectivity index (χ4n) is 2.07. The van der Waals surface area contributed by atoms with E-state index < -0.39 is 0 Å². The molecule has 0 bridgehead atoms. The van der Waals surface area contributed by atoms with Crippen molar-refractivity contribution in [2.24, 2.45) is 5.73 Å². The van der Waals surface area contributed by atoms with Crippen LogP contribution in [-0.4, -0.2) is 68.6 Å². The van der Waals surface area contributed by atoms with E-state index in [1.165, 1.54) is 0 Å². The van der Waals surface area contributed by atoms with Gasteiger partial charge < -0.3 is 16.0 Å². The number of hydrogen-bond acceptors (Lipinski definition) is 4. The van der Waals surface area contributed by atoms with Gasteiger partial charge in [-0.05, 0) is 33.5 Å². The van der Waals surface area contributed by atoms with E-state index in [-0.39, 0.29) is 5.91 Å². The molecule has 0 radical (unpaired) electrons. The van der Waals surface area contributed by atoms with Gasteiger partial charge in [0.05, 0.1) is 0 Å². The van der Waals surface area contributed by atoms with Gasteiger partial charge in [0, 0.05) is 38.6 Å². The van der Waals surface area contributed by atoms with Gasteiger partial charge in [0.1, 0.15) is 0 Å². The Balaban J connectivity index is 2.17. The number of carbonyl (C=O) groups excluding carboxylic acids is 1. The normalized spacial score (nSPS) is 22.6. The Labute approximate surface area is 104 Å². The van der Waals surface area contributed by atoms with Gasteiger partial charge in [-0.25, -0.2) is 0 Å². The molecular weight excluding hydrogens is 216 g/mol. The summed E-state index contributed by atoms with van der Waals surface area (Å²) >= 11 is 0. The minimum Gasteiger partial charge on any atom is -0.354 e. The Morgan fingerprint density at radius 3 is 2.82 bits per heavy atom. The van der Waals surface area contributed by atoms with Crippen molar-refractivity contribution in [2.45, 2.75) is 25.3 Å². The molecule has 0 saturated carbocycles. The van der Waals surface area contributed by atoms with E-state index in [9.17, 15) is 4.79 Å². The standard InChI is InChI=1S/C12H26N4O/c1-15-7-8-16(2)11(10-15)9-14-12(17)5-3-4-6-13/h11H,3-10,13H2,1-2H3,(H,14,17). The number of rotatable bonds is 6. The maximum Gasteiger partial charge on any atom is 0.220 e. The predicted octanol–water partition coefficient (Wildman–Crippen LogP) is -0.523. The lowest BCUT2D eigenvalue weighted by atomic mass is 10.1. The second-order valence-corrected chi connectivity index (χ2v) is 4.95. The first-order valence-electron chi connectivity index (χ1n) is 6.49. The highest BCUT2D eigenvalue weighted by Crippen LogP contribution is 2.04. The molecule has 0 aromatic rings. The minimum absolute atomic E-state index is 0.153. The van der Waals surface area contributed by atoms with Gasteiger partial charge in [-0.2, -0.15) is 0 Å². The van der Waals surface area contributed by atoms with Crippen molar-refractivity contribution in [3.05, 3.63) is 0 Å². The van der Waals surface area contributed by atoms with Crippen LogP contribution in [0.5, 0.6) is 0 Å². The van der Waals surface area contributed by atoms with Gasteiger partial charge in [0.25, 0.3) is 0 Å². The summed E-state index contributed by atoms with van der Waals surface area (Å²) in [5, 5.41) is 3.01. The van der Waals surface area contributed by atoms with Crippen molar-refractivity contribution < 1.29 is 4.79 Å². The predicted molar refractivity (Wildman–Crippen MR) is 69.8 cm³/mol. The van der Waals surface area contributed by atoms with E-state index >= 15 is 0 Å². The minimum atomic E-state index is 0.153. The van der Waals surface area contributed by atoms with Gasteiger partial charge in [-0.1, -0.05) is 0 Å². The molecule has 1 rings (SSSR count). The first kappa shape index (κ1) is 14.4. The van der Waals surface area contributed by atoms with Crippen LogP contribution in [0.15, 0.2) is 0 Å². The van der Waals surface area contributed by atoms with Crippen molar-refractivity contribution in [1.29, 1.82) is 0 Å². The van der Waals surface area contributed by atoms with Gasteiger partial charge in [-0.15, -0.1) is 0 Å². The number of likely N-dealkylation sites (N-methyl/N-ethyl adjacent to an activating group) is 2. The number of nitrogens with zero attached hydrogens (tertiary/aromatic N) is 2. The van der Waals surface area contributed by atoms with Crippen LogP contribution < -0.4 is 11.1 Å². The number of nitrogens with two attached hydrogens (primary N) is 1. The molecule has 1 atom stereocenters. The van der Waals surface area contributed by atoms with Crippen LogP contribution >= 0.6 is 0 Å². The molecule has 5 nitrogen and oxygen atoms in total. The van der Waals surface area contributed by atoms with Crippen molar-refractivity contribution >= 4 is 5.91 Å². The monoisotopic (exact) mass is 242 g/mol. The fourth-order valence-corrected chi connectivity index (χ4v) is 2.07. The third-order valence-electron chi connectivity index (χ3n) is 3.37. The van der Waals surface area contributed by atoms with Gasteiger partial charge >= 0.3 is 0 Å². The molecule has 1 heterocycles. The summed E-state index contributed by atoms with van der Waals surface area (Å²) in [5.74, 6) is 0.153. The molecule has 1 aliphatic rings. The summed E-state index contributed by atoms with van der Waals surface area (Å²) in [4.78, 5) is 16.2. The molecule has 1 unspecified atom stereocenters. The molecular formula is C12H26N4O. The number of hydrogen-bond donors (Lipinski definition) is 2. The Morgan fingerprint density at radius 1 is 1.35 bits per heavy atom. The lowest BCUT2D eigenvalue weighted by Crippen LogP contribution is -2.54. The van der Waals surface area contributed by atoms with E-state index in [1.807, 2.05) is 0 Å². The fraction of sp³-hybridized carbons (Fsp3) is 0.917. The average molecular weight is 242 g/mol. The maximum absolute atomic E-state index is 11.6. The van der Waals surface area contributed by atoms with Gasteiger partial charge in [0.15, 0.2) is 0 Å². The van der Waals surface area contributed by atoms with Crippen LogP contribution in [0.2, 0.25) is 0 Å². The molecule has 17 heavy (non-hydrogen) atoms. The Hall–Kier alpha value is -0.650. The van der Waals surface area contributed by atoms with E-state index in [4.69, 9.17) is 5.73 Å². The molecule has 0 aromatic heterocycles. The number of carbonyl (C=O) groups is 1. The van der Waals surface area contributed by atoms with E-state index in [1.54, 1.807) is 0 Å².